The van der Waals surface area contributed by atoms with Gasteiger partial charge >= 0.3 is 0 Å². The SMILES string of the molecule is CC(Cl)C(=O)N[C@H](CO)C(C)C. The van der Waals surface area contributed by atoms with Crippen molar-refractivity contribution in [3.63, 3.8) is 0 Å². The largest absolute Gasteiger partial charge is 0.394 e. The van der Waals surface area contributed by atoms with E-state index in [9.17, 15) is 4.79 Å². The van der Waals surface area contributed by atoms with Crippen LogP contribution in [0.15, 0.2) is 0 Å². The normalized spacial score (nSPS) is 15.8. The van der Waals surface area contributed by atoms with Crippen LogP contribution in [0.2, 0.25) is 0 Å². The molecule has 0 spiro atoms. The number of hydrogen-bond acceptors (Lipinski definition) is 2. The van der Waals surface area contributed by atoms with Crippen molar-refractivity contribution in [3.05, 3.63) is 0 Å². The third-order valence-electron chi connectivity index (χ3n) is 1.69. The molecule has 3 nitrogen and oxygen atoms in total. The van der Waals surface area contributed by atoms with E-state index in [1.807, 2.05) is 13.8 Å². The Hall–Kier alpha value is -0.280. The van der Waals surface area contributed by atoms with Gasteiger partial charge in [-0.2, -0.15) is 0 Å². The average molecular weight is 194 g/mol. The molecule has 72 valence electrons. The molecule has 0 saturated carbocycles. The topological polar surface area (TPSA) is 49.3 Å². The highest BCUT2D eigenvalue weighted by Gasteiger charge is 2.17. The van der Waals surface area contributed by atoms with Crippen LogP contribution in [0.4, 0.5) is 0 Å². The van der Waals surface area contributed by atoms with E-state index in [4.69, 9.17) is 16.7 Å². The number of aliphatic hydroxyl groups is 1. The standard InChI is InChI=1S/C8H16ClNO2/c1-5(2)7(4-11)10-8(12)6(3)9/h5-7,11H,4H2,1-3H3,(H,10,12)/t6?,7-/m1/s1. The van der Waals surface area contributed by atoms with E-state index in [0.29, 0.717) is 0 Å². The molecule has 0 radical (unpaired) electrons. The van der Waals surface area contributed by atoms with E-state index in [1.165, 1.54) is 0 Å². The number of carbonyl (C=O) groups is 1. The van der Waals surface area contributed by atoms with E-state index in [1.54, 1.807) is 6.92 Å². The smallest absolute Gasteiger partial charge is 0.238 e. The highest BCUT2D eigenvalue weighted by molar-refractivity contribution is 6.30. The molecule has 0 fully saturated rings. The lowest BCUT2D eigenvalue weighted by atomic mass is 10.1. The molecule has 0 aromatic carbocycles. The second-order valence-electron chi connectivity index (χ2n) is 3.16. The van der Waals surface area contributed by atoms with Gasteiger partial charge in [0.15, 0.2) is 0 Å². The molecule has 0 rings (SSSR count). The maximum atomic E-state index is 11.1. The predicted octanol–water partition coefficient (Wildman–Crippen LogP) is 0.747. The highest BCUT2D eigenvalue weighted by Crippen LogP contribution is 2.02. The molecule has 0 aromatic heterocycles. The van der Waals surface area contributed by atoms with Gasteiger partial charge in [0.25, 0.3) is 0 Å². The van der Waals surface area contributed by atoms with Gasteiger partial charge in [-0.3, -0.25) is 4.79 Å². The zero-order chi connectivity index (χ0) is 9.72. The van der Waals surface area contributed by atoms with E-state index in [-0.39, 0.29) is 24.5 Å². The first-order chi connectivity index (χ1) is 5.49. The van der Waals surface area contributed by atoms with Crippen LogP contribution in [0.5, 0.6) is 0 Å². The minimum absolute atomic E-state index is 0.0486. The summed E-state index contributed by atoms with van der Waals surface area (Å²) in [6.45, 7) is 5.42. The number of carbonyl (C=O) groups excluding carboxylic acids is 1. The number of hydrogen-bond donors (Lipinski definition) is 2. The maximum absolute atomic E-state index is 11.1. The van der Waals surface area contributed by atoms with Crippen molar-refractivity contribution in [2.75, 3.05) is 6.61 Å². The predicted molar refractivity (Wildman–Crippen MR) is 49.2 cm³/mol. The van der Waals surface area contributed by atoms with Crippen LogP contribution in [0.1, 0.15) is 20.8 Å². The molecule has 0 saturated heterocycles. The van der Waals surface area contributed by atoms with Gasteiger partial charge in [-0.15, -0.1) is 11.6 Å². The fourth-order valence-corrected chi connectivity index (χ4v) is 0.784. The van der Waals surface area contributed by atoms with Crippen LogP contribution in [0.25, 0.3) is 0 Å². The molecule has 0 aliphatic carbocycles. The summed E-state index contributed by atoms with van der Waals surface area (Å²) in [7, 11) is 0. The van der Waals surface area contributed by atoms with Crippen molar-refractivity contribution in [2.45, 2.75) is 32.2 Å². The maximum Gasteiger partial charge on any atom is 0.238 e. The van der Waals surface area contributed by atoms with Gasteiger partial charge in [-0.1, -0.05) is 13.8 Å². The zero-order valence-corrected chi connectivity index (χ0v) is 8.43. The van der Waals surface area contributed by atoms with Crippen LogP contribution in [-0.2, 0) is 4.79 Å². The molecule has 12 heavy (non-hydrogen) atoms. The van der Waals surface area contributed by atoms with Gasteiger partial charge < -0.3 is 10.4 Å². The highest BCUT2D eigenvalue weighted by atomic mass is 35.5. The van der Waals surface area contributed by atoms with Crippen molar-refractivity contribution in [3.8, 4) is 0 Å². The minimum atomic E-state index is -0.544. The van der Waals surface area contributed by atoms with Crippen LogP contribution in [-0.4, -0.2) is 29.0 Å². The lowest BCUT2D eigenvalue weighted by Crippen LogP contribution is -2.43. The summed E-state index contributed by atoms with van der Waals surface area (Å²) >= 11 is 5.54. The fraction of sp³-hybridized carbons (Fsp3) is 0.875. The summed E-state index contributed by atoms with van der Waals surface area (Å²) in [5.41, 5.74) is 0. The molecule has 0 bridgehead atoms. The van der Waals surface area contributed by atoms with Crippen molar-refractivity contribution in [1.82, 2.24) is 5.32 Å². The van der Waals surface area contributed by atoms with Gasteiger partial charge in [-0.25, -0.2) is 0 Å². The number of alkyl halides is 1. The Morgan fingerprint density at radius 1 is 1.50 bits per heavy atom. The monoisotopic (exact) mass is 193 g/mol. The molecule has 1 unspecified atom stereocenters. The first-order valence-corrected chi connectivity index (χ1v) is 4.48. The summed E-state index contributed by atoms with van der Waals surface area (Å²) in [6, 6.07) is -0.196. The second-order valence-corrected chi connectivity index (χ2v) is 3.81. The van der Waals surface area contributed by atoms with Gasteiger partial charge in [0, 0.05) is 0 Å². The van der Waals surface area contributed by atoms with E-state index in [2.05, 4.69) is 5.32 Å². The van der Waals surface area contributed by atoms with Gasteiger partial charge in [-0.05, 0) is 12.8 Å². The Labute approximate surface area is 78.1 Å². The summed E-state index contributed by atoms with van der Waals surface area (Å²) in [4.78, 5) is 11.1. The lowest BCUT2D eigenvalue weighted by molar-refractivity contribution is -0.121. The first-order valence-electron chi connectivity index (χ1n) is 4.04. The Morgan fingerprint density at radius 3 is 2.25 bits per heavy atom. The zero-order valence-electron chi connectivity index (χ0n) is 7.67. The van der Waals surface area contributed by atoms with E-state index < -0.39 is 5.38 Å². The number of nitrogens with one attached hydrogen (secondary N) is 1. The van der Waals surface area contributed by atoms with Crippen LogP contribution < -0.4 is 5.32 Å². The molecule has 2 N–H and O–H groups in total. The molecule has 0 aliphatic rings. The van der Waals surface area contributed by atoms with Crippen molar-refractivity contribution in [2.24, 2.45) is 5.92 Å². The second kappa shape index (κ2) is 5.38. The quantitative estimate of drug-likeness (QED) is 0.648. The van der Waals surface area contributed by atoms with Crippen LogP contribution in [0.3, 0.4) is 0 Å². The number of halogens is 1. The molecular weight excluding hydrogens is 178 g/mol. The number of aliphatic hydroxyl groups excluding tert-OH is 1. The first kappa shape index (κ1) is 11.7. The van der Waals surface area contributed by atoms with Gasteiger partial charge in [0.05, 0.1) is 12.6 Å². The molecular formula is C8H16ClNO2. The minimum Gasteiger partial charge on any atom is -0.394 e. The van der Waals surface area contributed by atoms with Crippen LogP contribution in [0, 0.1) is 5.92 Å². The molecule has 0 aliphatic heterocycles. The Kier molecular flexibility index (Phi) is 5.25. The van der Waals surface area contributed by atoms with Gasteiger partial charge in [0.1, 0.15) is 5.38 Å². The summed E-state index contributed by atoms with van der Waals surface area (Å²) < 4.78 is 0. The Balaban J connectivity index is 3.94. The summed E-state index contributed by atoms with van der Waals surface area (Å²) in [5.74, 6) is -0.0150. The number of rotatable bonds is 4. The van der Waals surface area contributed by atoms with Crippen molar-refractivity contribution in [1.29, 1.82) is 0 Å². The molecule has 0 heterocycles. The van der Waals surface area contributed by atoms with E-state index in [0.717, 1.165) is 0 Å². The molecule has 4 heteroatoms. The fourth-order valence-electron chi connectivity index (χ4n) is 0.721. The van der Waals surface area contributed by atoms with E-state index >= 15 is 0 Å². The lowest BCUT2D eigenvalue weighted by Gasteiger charge is -2.20. The third kappa shape index (κ3) is 3.93. The van der Waals surface area contributed by atoms with Crippen LogP contribution >= 0.6 is 11.6 Å². The molecule has 2 atom stereocenters. The molecule has 0 aromatic rings. The molecule has 1 amide bonds. The third-order valence-corrected chi connectivity index (χ3v) is 1.89. The van der Waals surface area contributed by atoms with Gasteiger partial charge in [0.2, 0.25) is 5.91 Å². The number of amides is 1. The van der Waals surface area contributed by atoms with Crippen molar-refractivity contribution >= 4 is 17.5 Å². The van der Waals surface area contributed by atoms with Crippen molar-refractivity contribution < 1.29 is 9.90 Å². The summed E-state index contributed by atoms with van der Waals surface area (Å²) in [5, 5.41) is 11.0. The summed E-state index contributed by atoms with van der Waals surface area (Å²) in [6.07, 6.45) is 0. The Bertz CT molecular complexity index is 148. The average Bonchev–Trinajstić information content (AvgIpc) is 1.98. The Morgan fingerprint density at radius 2 is 2.00 bits per heavy atom.